The average Bonchev–Trinajstić information content (AvgIpc) is 2.44. The average molecular weight is 292 g/mol. The fourth-order valence-corrected chi connectivity index (χ4v) is 2.05. The lowest BCUT2D eigenvalue weighted by atomic mass is 10.1. The lowest BCUT2D eigenvalue weighted by molar-refractivity contribution is -0.130. The van der Waals surface area contributed by atoms with Crippen LogP contribution in [0.25, 0.3) is 0 Å². The summed E-state index contributed by atoms with van der Waals surface area (Å²) in [5.74, 6) is 1.49. The lowest BCUT2D eigenvalue weighted by Crippen LogP contribution is -2.42. The molecule has 0 aromatic heterocycles. The van der Waals surface area contributed by atoms with Crippen LogP contribution in [0.1, 0.15) is 39.3 Å². The van der Waals surface area contributed by atoms with Crippen LogP contribution in [0.3, 0.4) is 0 Å². The van der Waals surface area contributed by atoms with Crippen molar-refractivity contribution in [1.29, 1.82) is 0 Å². The number of likely N-dealkylation sites (N-methyl/N-ethyl adjacent to an activating group) is 1. The predicted molar refractivity (Wildman–Crippen MR) is 86.5 cm³/mol. The largest absolute Gasteiger partial charge is 0.493 e. The van der Waals surface area contributed by atoms with Gasteiger partial charge in [0.2, 0.25) is 5.91 Å². The second-order valence-corrected chi connectivity index (χ2v) is 6.12. The van der Waals surface area contributed by atoms with E-state index in [9.17, 15) is 4.79 Å². The number of ether oxygens (including phenoxy) is 1. The third-order valence-corrected chi connectivity index (χ3v) is 3.27. The van der Waals surface area contributed by atoms with Crippen LogP contribution in [0.15, 0.2) is 24.3 Å². The molecule has 1 N–H and O–H groups in total. The predicted octanol–water partition coefficient (Wildman–Crippen LogP) is 2.85. The van der Waals surface area contributed by atoms with Gasteiger partial charge >= 0.3 is 0 Å². The lowest BCUT2D eigenvalue weighted by Gasteiger charge is -2.22. The molecule has 0 fully saturated rings. The van der Waals surface area contributed by atoms with Gasteiger partial charge < -0.3 is 9.64 Å². The first kappa shape index (κ1) is 17.5. The van der Waals surface area contributed by atoms with E-state index >= 15 is 0 Å². The molecule has 0 aliphatic carbocycles. The molecule has 118 valence electrons. The molecule has 0 radical (unpaired) electrons. The smallest absolute Gasteiger partial charge is 0.238 e. The van der Waals surface area contributed by atoms with Crippen molar-refractivity contribution < 1.29 is 9.53 Å². The van der Waals surface area contributed by atoms with Gasteiger partial charge in [-0.3, -0.25) is 10.1 Å². The molecule has 2 atom stereocenters. The van der Waals surface area contributed by atoms with Crippen molar-refractivity contribution in [3.8, 4) is 5.75 Å². The summed E-state index contributed by atoms with van der Waals surface area (Å²) < 4.78 is 5.67. The maximum atomic E-state index is 11.9. The number of carbonyl (C=O) groups is 1. The highest BCUT2D eigenvalue weighted by Gasteiger charge is 2.17. The molecular weight excluding hydrogens is 264 g/mol. The van der Waals surface area contributed by atoms with Gasteiger partial charge in [0.25, 0.3) is 0 Å². The van der Waals surface area contributed by atoms with Crippen LogP contribution < -0.4 is 10.1 Å². The monoisotopic (exact) mass is 292 g/mol. The molecule has 0 saturated carbocycles. The van der Waals surface area contributed by atoms with E-state index in [1.54, 1.807) is 19.0 Å². The Morgan fingerprint density at radius 3 is 2.19 bits per heavy atom. The van der Waals surface area contributed by atoms with Gasteiger partial charge in [-0.2, -0.15) is 0 Å². The van der Waals surface area contributed by atoms with Gasteiger partial charge in [0, 0.05) is 20.1 Å². The molecule has 21 heavy (non-hydrogen) atoms. The standard InChI is InChI=1S/C17H28N2O2/c1-12(2)11-21-16-9-7-15(8-10-16)13(3)18-14(4)17(20)19(5)6/h7-10,12-14,18H,11H2,1-6H3. The second kappa shape index (κ2) is 8.03. The Morgan fingerprint density at radius 2 is 1.71 bits per heavy atom. The van der Waals surface area contributed by atoms with E-state index < -0.39 is 0 Å². The van der Waals surface area contributed by atoms with Crippen molar-refractivity contribution in [2.24, 2.45) is 5.92 Å². The summed E-state index contributed by atoms with van der Waals surface area (Å²) in [5.41, 5.74) is 1.14. The Labute approximate surface area is 128 Å². The third-order valence-electron chi connectivity index (χ3n) is 3.27. The second-order valence-electron chi connectivity index (χ2n) is 6.12. The molecule has 2 unspecified atom stereocenters. The van der Waals surface area contributed by atoms with Crippen molar-refractivity contribution in [1.82, 2.24) is 10.2 Å². The number of rotatable bonds is 7. The zero-order valence-electron chi connectivity index (χ0n) is 14.0. The number of nitrogens with zero attached hydrogens (tertiary/aromatic N) is 1. The number of benzene rings is 1. The molecule has 4 heteroatoms. The van der Waals surface area contributed by atoms with E-state index in [1.165, 1.54) is 0 Å². The van der Waals surface area contributed by atoms with Crippen LogP contribution in [0.2, 0.25) is 0 Å². The van der Waals surface area contributed by atoms with Crippen LogP contribution in [0.5, 0.6) is 5.75 Å². The molecule has 0 spiro atoms. The first-order valence-electron chi connectivity index (χ1n) is 7.51. The number of hydrogen-bond acceptors (Lipinski definition) is 3. The van der Waals surface area contributed by atoms with Crippen molar-refractivity contribution in [2.75, 3.05) is 20.7 Å². The quantitative estimate of drug-likeness (QED) is 0.840. The summed E-state index contributed by atoms with van der Waals surface area (Å²) in [7, 11) is 3.54. The normalized spacial score (nSPS) is 13.9. The molecule has 1 rings (SSSR count). The van der Waals surface area contributed by atoms with Crippen LogP contribution in [0, 0.1) is 5.92 Å². The minimum Gasteiger partial charge on any atom is -0.493 e. The summed E-state index contributed by atoms with van der Waals surface area (Å²) in [4.78, 5) is 13.5. The molecule has 0 aliphatic rings. The maximum Gasteiger partial charge on any atom is 0.238 e. The molecule has 4 nitrogen and oxygen atoms in total. The molecule has 0 aliphatic heterocycles. The summed E-state index contributed by atoms with van der Waals surface area (Å²) in [5, 5.41) is 3.31. The Bertz CT molecular complexity index is 441. The molecular formula is C17H28N2O2. The van der Waals surface area contributed by atoms with Crippen LogP contribution in [0.4, 0.5) is 0 Å². The molecule has 1 amide bonds. The highest BCUT2D eigenvalue weighted by atomic mass is 16.5. The van der Waals surface area contributed by atoms with Crippen LogP contribution >= 0.6 is 0 Å². The van der Waals surface area contributed by atoms with E-state index in [-0.39, 0.29) is 18.0 Å². The fourth-order valence-electron chi connectivity index (χ4n) is 2.05. The highest BCUT2D eigenvalue weighted by Crippen LogP contribution is 2.18. The van der Waals surface area contributed by atoms with Gasteiger partial charge in [-0.1, -0.05) is 26.0 Å². The first-order valence-corrected chi connectivity index (χ1v) is 7.51. The summed E-state index contributed by atoms with van der Waals surface area (Å²) >= 11 is 0. The van der Waals surface area contributed by atoms with E-state index in [0.717, 1.165) is 17.9 Å². The molecule has 0 heterocycles. The third kappa shape index (κ3) is 5.76. The van der Waals surface area contributed by atoms with Gasteiger partial charge in [0.1, 0.15) is 5.75 Å². The Balaban J connectivity index is 2.58. The van der Waals surface area contributed by atoms with Gasteiger partial charge in [0.05, 0.1) is 12.6 Å². The van der Waals surface area contributed by atoms with Crippen molar-refractivity contribution >= 4 is 5.91 Å². The van der Waals surface area contributed by atoms with E-state index in [0.29, 0.717) is 5.92 Å². The molecule has 0 bridgehead atoms. The van der Waals surface area contributed by atoms with Gasteiger partial charge in [-0.25, -0.2) is 0 Å². The summed E-state index contributed by atoms with van der Waals surface area (Å²) in [6.45, 7) is 8.93. The number of hydrogen-bond donors (Lipinski definition) is 1. The molecule has 1 aromatic carbocycles. The Kier molecular flexibility index (Phi) is 6.69. The van der Waals surface area contributed by atoms with E-state index in [4.69, 9.17) is 4.74 Å². The van der Waals surface area contributed by atoms with E-state index in [1.807, 2.05) is 31.2 Å². The summed E-state index contributed by atoms with van der Waals surface area (Å²) in [6.07, 6.45) is 0. The van der Waals surface area contributed by atoms with Crippen molar-refractivity contribution in [3.05, 3.63) is 29.8 Å². The van der Waals surface area contributed by atoms with Crippen molar-refractivity contribution in [2.45, 2.75) is 39.8 Å². The minimum absolute atomic E-state index is 0.0822. The van der Waals surface area contributed by atoms with Gasteiger partial charge in [-0.15, -0.1) is 0 Å². The highest BCUT2D eigenvalue weighted by molar-refractivity contribution is 5.80. The Morgan fingerprint density at radius 1 is 1.14 bits per heavy atom. The molecule has 1 aromatic rings. The minimum atomic E-state index is -0.202. The topological polar surface area (TPSA) is 41.6 Å². The zero-order valence-corrected chi connectivity index (χ0v) is 14.0. The zero-order chi connectivity index (χ0) is 16.0. The van der Waals surface area contributed by atoms with Gasteiger partial charge in [-0.05, 0) is 37.5 Å². The summed E-state index contributed by atoms with van der Waals surface area (Å²) in [6, 6.07) is 7.96. The Hall–Kier alpha value is -1.55. The number of nitrogens with one attached hydrogen (secondary N) is 1. The van der Waals surface area contributed by atoms with Crippen LogP contribution in [-0.4, -0.2) is 37.6 Å². The van der Waals surface area contributed by atoms with Crippen LogP contribution in [-0.2, 0) is 4.79 Å². The number of carbonyl (C=O) groups excluding carboxylic acids is 1. The SMILES string of the molecule is CC(C)COc1ccc(C(C)NC(C)C(=O)N(C)C)cc1. The van der Waals surface area contributed by atoms with Gasteiger partial charge in [0.15, 0.2) is 0 Å². The maximum absolute atomic E-state index is 11.9. The van der Waals surface area contributed by atoms with Crippen molar-refractivity contribution in [3.63, 3.8) is 0 Å². The first-order chi connectivity index (χ1) is 9.81. The number of amides is 1. The van der Waals surface area contributed by atoms with E-state index in [2.05, 4.69) is 26.1 Å². The fraction of sp³-hybridized carbons (Fsp3) is 0.588. The molecule has 0 saturated heterocycles.